The van der Waals surface area contributed by atoms with Crippen LogP contribution in [0, 0.1) is 0 Å². The molecule has 1 amide bonds. The number of tetrazole rings is 1. The topological polar surface area (TPSA) is 180 Å². The Morgan fingerprint density at radius 2 is 1.91 bits per heavy atom. The number of H-pyrrole nitrogens is 1. The van der Waals surface area contributed by atoms with Crippen molar-refractivity contribution in [1.82, 2.24) is 40.8 Å². The number of pyridine rings is 1. The van der Waals surface area contributed by atoms with Gasteiger partial charge in [0.1, 0.15) is 5.65 Å². The number of aromatic nitrogens is 6. The van der Waals surface area contributed by atoms with Crippen molar-refractivity contribution in [3.05, 3.63) is 96.1 Å². The Bertz CT molecular complexity index is 1790. The predicted molar refractivity (Wildman–Crippen MR) is 160 cm³/mol. The molecule has 0 saturated carbocycles. The molecular weight excluding hydrogens is 570 g/mol. The van der Waals surface area contributed by atoms with Crippen LogP contribution in [0.15, 0.2) is 84.0 Å². The molecule has 0 bridgehead atoms. The van der Waals surface area contributed by atoms with E-state index >= 15 is 0 Å². The second-order valence-corrected chi connectivity index (χ2v) is 12.4. The average Bonchev–Trinajstić information content (AvgIpc) is 3.68. The number of anilines is 1. The number of nitrogens with one attached hydrogen (secondary N) is 4. The number of fused-ring (bicyclic) bond motifs is 1. The van der Waals surface area contributed by atoms with E-state index in [0.717, 1.165) is 17.5 Å². The van der Waals surface area contributed by atoms with Crippen molar-refractivity contribution >= 4 is 32.7 Å². The number of amides is 1. The highest BCUT2D eigenvalue weighted by molar-refractivity contribution is 7.92. The molecule has 13 nitrogen and oxygen atoms in total. The van der Waals surface area contributed by atoms with Gasteiger partial charge in [0.05, 0.1) is 23.1 Å². The number of aryl methyl sites for hydroxylation is 1. The number of benzene rings is 2. The summed E-state index contributed by atoms with van der Waals surface area (Å²) in [5.41, 5.74) is 1.83. The SMILES string of the molecule is CC(C)(CCn1ccc2cc(C(=O)NCc3nn[nH]n3)cnc21)NC[C@H](O)c1cccc(NS(=O)(=O)c2ccccc2)c1. The van der Waals surface area contributed by atoms with E-state index < -0.39 is 16.1 Å². The van der Waals surface area contributed by atoms with Crippen LogP contribution in [0.1, 0.15) is 48.1 Å². The van der Waals surface area contributed by atoms with Gasteiger partial charge in [0.25, 0.3) is 15.9 Å². The Morgan fingerprint density at radius 1 is 1.09 bits per heavy atom. The lowest BCUT2D eigenvalue weighted by Crippen LogP contribution is -2.42. The fourth-order valence-corrected chi connectivity index (χ4v) is 5.57. The van der Waals surface area contributed by atoms with Gasteiger partial charge in [-0.3, -0.25) is 9.52 Å². The number of β-amino-alcohol motifs (C(OH)–C–C–N with tert-alkyl or cyclic N) is 1. The first-order valence-corrected chi connectivity index (χ1v) is 15.1. The molecule has 5 aromatic rings. The van der Waals surface area contributed by atoms with Gasteiger partial charge in [0.2, 0.25) is 0 Å². The number of aromatic amines is 1. The molecule has 3 heterocycles. The fraction of sp³-hybridized carbons (Fsp3) is 0.276. The first kappa shape index (κ1) is 29.8. The molecule has 0 aliphatic rings. The van der Waals surface area contributed by atoms with Gasteiger partial charge in [-0.25, -0.2) is 13.4 Å². The molecule has 5 rings (SSSR count). The smallest absolute Gasteiger partial charge is 0.261 e. The van der Waals surface area contributed by atoms with Gasteiger partial charge in [-0.05, 0) is 62.2 Å². The van der Waals surface area contributed by atoms with Crippen molar-refractivity contribution in [2.45, 2.75) is 49.9 Å². The Hall–Kier alpha value is -4.66. The fourth-order valence-electron chi connectivity index (χ4n) is 4.50. The molecule has 0 radical (unpaired) electrons. The Labute approximate surface area is 248 Å². The highest BCUT2D eigenvalue weighted by Gasteiger charge is 2.21. The minimum Gasteiger partial charge on any atom is -0.387 e. The summed E-state index contributed by atoms with van der Waals surface area (Å²) in [5.74, 6) is 0.104. The number of aliphatic hydroxyl groups is 1. The van der Waals surface area contributed by atoms with Gasteiger partial charge >= 0.3 is 0 Å². The van der Waals surface area contributed by atoms with E-state index in [-0.39, 0.29) is 29.4 Å². The summed E-state index contributed by atoms with van der Waals surface area (Å²) < 4.78 is 30.0. The quantitative estimate of drug-likeness (QED) is 0.135. The molecule has 3 aromatic heterocycles. The number of hydrogen-bond donors (Lipinski definition) is 5. The van der Waals surface area contributed by atoms with Crippen molar-refractivity contribution in [3.63, 3.8) is 0 Å². The zero-order valence-electron chi connectivity index (χ0n) is 23.7. The monoisotopic (exact) mass is 603 g/mol. The van der Waals surface area contributed by atoms with Crippen LogP contribution in [-0.2, 0) is 23.1 Å². The predicted octanol–water partition coefficient (Wildman–Crippen LogP) is 2.77. The molecule has 0 saturated heterocycles. The van der Waals surface area contributed by atoms with Gasteiger partial charge in [0.15, 0.2) is 5.82 Å². The minimum absolute atomic E-state index is 0.156. The highest BCUT2D eigenvalue weighted by atomic mass is 32.2. The third-order valence-electron chi connectivity index (χ3n) is 6.99. The lowest BCUT2D eigenvalue weighted by molar-refractivity contribution is 0.0949. The van der Waals surface area contributed by atoms with Gasteiger partial charge in [-0.2, -0.15) is 5.21 Å². The molecule has 0 spiro atoms. The molecule has 0 aliphatic carbocycles. The van der Waals surface area contributed by atoms with E-state index in [4.69, 9.17) is 0 Å². The first-order valence-electron chi connectivity index (χ1n) is 13.7. The van der Waals surface area contributed by atoms with Gasteiger partial charge in [-0.15, -0.1) is 10.2 Å². The van der Waals surface area contributed by atoms with Crippen molar-refractivity contribution in [2.75, 3.05) is 11.3 Å². The van der Waals surface area contributed by atoms with Gasteiger partial charge < -0.3 is 20.3 Å². The normalized spacial score (nSPS) is 12.7. The Kier molecular flexibility index (Phi) is 8.80. The lowest BCUT2D eigenvalue weighted by atomic mass is 9.99. The molecule has 14 heteroatoms. The van der Waals surface area contributed by atoms with Gasteiger partial charge in [0, 0.05) is 42.1 Å². The molecule has 224 valence electrons. The third kappa shape index (κ3) is 7.60. The van der Waals surface area contributed by atoms with Crippen LogP contribution in [-0.4, -0.2) is 61.7 Å². The molecule has 0 unspecified atom stereocenters. The van der Waals surface area contributed by atoms with E-state index in [0.29, 0.717) is 29.2 Å². The first-order chi connectivity index (χ1) is 20.6. The second-order valence-electron chi connectivity index (χ2n) is 10.7. The molecule has 2 aromatic carbocycles. The zero-order valence-corrected chi connectivity index (χ0v) is 24.5. The molecule has 1 atom stereocenters. The third-order valence-corrected chi connectivity index (χ3v) is 8.39. The van der Waals surface area contributed by atoms with Gasteiger partial charge in [-0.1, -0.05) is 35.5 Å². The lowest BCUT2D eigenvalue weighted by Gasteiger charge is -2.28. The van der Waals surface area contributed by atoms with E-state index in [1.165, 1.54) is 18.3 Å². The van der Waals surface area contributed by atoms with Crippen molar-refractivity contribution in [2.24, 2.45) is 0 Å². The zero-order chi connectivity index (χ0) is 30.5. The summed E-state index contributed by atoms with van der Waals surface area (Å²) in [6.07, 6.45) is 3.36. The Balaban J connectivity index is 1.15. The second kappa shape index (κ2) is 12.7. The summed E-state index contributed by atoms with van der Waals surface area (Å²) in [6.45, 7) is 5.19. The maximum Gasteiger partial charge on any atom is 0.261 e. The number of hydrogen-bond acceptors (Lipinski definition) is 9. The molecule has 0 aliphatic heterocycles. The van der Waals surface area contributed by atoms with Crippen LogP contribution in [0.2, 0.25) is 0 Å². The van der Waals surface area contributed by atoms with Crippen molar-refractivity contribution in [1.29, 1.82) is 0 Å². The van der Waals surface area contributed by atoms with Crippen LogP contribution in [0.5, 0.6) is 0 Å². The number of carbonyl (C=O) groups excluding carboxylic acids is 1. The van der Waals surface area contributed by atoms with Crippen LogP contribution < -0.4 is 15.4 Å². The minimum atomic E-state index is -3.74. The van der Waals surface area contributed by atoms with Crippen molar-refractivity contribution in [3.8, 4) is 0 Å². The molecular formula is C29H33N9O4S. The number of rotatable bonds is 13. The van der Waals surface area contributed by atoms with Crippen molar-refractivity contribution < 1.29 is 18.3 Å². The highest BCUT2D eigenvalue weighted by Crippen LogP contribution is 2.22. The maximum absolute atomic E-state index is 12.7. The number of carbonyl (C=O) groups is 1. The van der Waals surface area contributed by atoms with Crippen LogP contribution >= 0.6 is 0 Å². The molecule has 0 fully saturated rings. The summed E-state index contributed by atoms with van der Waals surface area (Å²) in [4.78, 5) is 17.2. The van der Waals surface area contributed by atoms with Crippen LogP contribution in [0.3, 0.4) is 0 Å². The summed E-state index contributed by atoms with van der Waals surface area (Å²) >= 11 is 0. The van der Waals surface area contributed by atoms with E-state index in [1.807, 2.05) is 16.8 Å². The number of aliphatic hydroxyl groups excluding tert-OH is 1. The molecule has 5 N–H and O–H groups in total. The van der Waals surface area contributed by atoms with Crippen LogP contribution in [0.4, 0.5) is 5.69 Å². The molecule has 43 heavy (non-hydrogen) atoms. The average molecular weight is 604 g/mol. The van der Waals surface area contributed by atoms with Crippen LogP contribution in [0.25, 0.3) is 11.0 Å². The summed E-state index contributed by atoms with van der Waals surface area (Å²) in [5, 5.41) is 31.3. The van der Waals surface area contributed by atoms with E-state index in [9.17, 15) is 18.3 Å². The number of nitrogens with zero attached hydrogens (tertiary/aromatic N) is 5. The maximum atomic E-state index is 12.7. The number of sulfonamides is 1. The summed E-state index contributed by atoms with van der Waals surface area (Å²) in [7, 11) is -3.74. The Morgan fingerprint density at radius 3 is 2.67 bits per heavy atom. The largest absolute Gasteiger partial charge is 0.387 e. The van der Waals surface area contributed by atoms with E-state index in [1.54, 1.807) is 48.5 Å². The standard InChI is InChI=1S/C29H33N9O4S/c1-29(2,32-18-25(39)20-7-6-8-23(16-20)35-43(41,42)24-9-4-3-5-10-24)12-14-38-13-11-21-15-22(17-30-27(21)38)28(40)31-19-26-33-36-37-34-26/h3-11,13,15-17,25,32,35,39H,12,14,18-19H2,1-2H3,(H,31,40)(H,33,34,36,37)/t25-/m0/s1. The van der Waals surface area contributed by atoms with E-state index in [2.05, 4.69) is 54.8 Å². The summed E-state index contributed by atoms with van der Waals surface area (Å²) in [6, 6.07) is 18.6.